The van der Waals surface area contributed by atoms with Gasteiger partial charge in [0, 0.05) is 19.2 Å². The fraction of sp³-hybridized carbons (Fsp3) is 0.615. The van der Waals surface area contributed by atoms with Crippen molar-refractivity contribution in [1.29, 1.82) is 0 Å². The number of piperidine rings is 1. The topological polar surface area (TPSA) is 54.2 Å². The summed E-state index contributed by atoms with van der Waals surface area (Å²) in [6.45, 7) is 3.68. The summed E-state index contributed by atoms with van der Waals surface area (Å²) in [5.74, 6) is 4.53. The van der Waals surface area contributed by atoms with Gasteiger partial charge in [-0.15, -0.1) is 0 Å². The van der Waals surface area contributed by atoms with Crippen molar-refractivity contribution in [2.45, 2.75) is 32.6 Å². The smallest absolute Gasteiger partial charge is 0.178 e. The molecular formula is C13H20F2N4. The highest BCUT2D eigenvalue weighted by atomic mass is 19.1. The average molecular weight is 270 g/mol. The largest absolute Gasteiger partial charge is 0.354 e. The predicted octanol–water partition coefficient (Wildman–Crippen LogP) is 2.66. The third-order valence-electron chi connectivity index (χ3n) is 3.66. The van der Waals surface area contributed by atoms with Crippen LogP contribution in [-0.4, -0.2) is 18.1 Å². The minimum Gasteiger partial charge on any atom is -0.354 e. The minimum absolute atomic E-state index is 0.118. The molecule has 106 valence electrons. The molecule has 0 bridgehead atoms. The molecule has 0 aliphatic carbocycles. The van der Waals surface area contributed by atoms with E-state index in [1.54, 1.807) is 0 Å². The maximum Gasteiger partial charge on any atom is 0.178 e. The first kappa shape index (κ1) is 14.0. The Kier molecular flexibility index (Phi) is 4.52. The molecule has 1 fully saturated rings. The maximum atomic E-state index is 13.8. The monoisotopic (exact) mass is 270 g/mol. The van der Waals surface area contributed by atoms with Gasteiger partial charge in [-0.25, -0.2) is 19.6 Å². The van der Waals surface area contributed by atoms with E-state index in [4.69, 9.17) is 5.84 Å². The highest BCUT2D eigenvalue weighted by Gasteiger charge is 2.23. The zero-order valence-electron chi connectivity index (χ0n) is 11.1. The zero-order chi connectivity index (χ0) is 13.8. The molecule has 0 aromatic carbocycles. The van der Waals surface area contributed by atoms with Crippen molar-refractivity contribution in [2.24, 2.45) is 11.8 Å². The fourth-order valence-electron chi connectivity index (χ4n) is 2.62. The van der Waals surface area contributed by atoms with Crippen molar-refractivity contribution in [3.05, 3.63) is 17.7 Å². The second-order valence-corrected chi connectivity index (χ2v) is 4.99. The van der Waals surface area contributed by atoms with Crippen molar-refractivity contribution < 1.29 is 8.78 Å². The number of rotatable bonds is 4. The third kappa shape index (κ3) is 3.12. The second kappa shape index (κ2) is 6.14. The molecular weight excluding hydrogens is 250 g/mol. The molecule has 3 N–H and O–H groups in total. The van der Waals surface area contributed by atoms with Gasteiger partial charge in [0.05, 0.1) is 0 Å². The lowest BCUT2D eigenvalue weighted by atomic mass is 9.92. The molecule has 2 rings (SSSR count). The van der Waals surface area contributed by atoms with E-state index >= 15 is 0 Å². The molecule has 1 aromatic rings. The van der Waals surface area contributed by atoms with Gasteiger partial charge in [-0.2, -0.15) is 0 Å². The first-order chi connectivity index (χ1) is 9.15. The quantitative estimate of drug-likeness (QED) is 0.652. The Balaban J connectivity index is 2.11. The van der Waals surface area contributed by atoms with Gasteiger partial charge in [0.25, 0.3) is 0 Å². The number of nitrogens with one attached hydrogen (secondary N) is 1. The van der Waals surface area contributed by atoms with E-state index in [-0.39, 0.29) is 11.6 Å². The van der Waals surface area contributed by atoms with Crippen LogP contribution in [0.3, 0.4) is 0 Å². The first-order valence-electron chi connectivity index (χ1n) is 6.73. The predicted molar refractivity (Wildman–Crippen MR) is 71.8 cm³/mol. The Morgan fingerprint density at radius 1 is 1.37 bits per heavy atom. The summed E-state index contributed by atoms with van der Waals surface area (Å²) in [5, 5.41) is 0. The molecule has 0 spiro atoms. The molecule has 6 heteroatoms. The second-order valence-electron chi connectivity index (χ2n) is 4.99. The van der Waals surface area contributed by atoms with Crippen LogP contribution in [0.15, 0.2) is 6.07 Å². The Morgan fingerprint density at radius 2 is 2.05 bits per heavy atom. The summed E-state index contributed by atoms with van der Waals surface area (Å²) in [5.41, 5.74) is 2.15. The van der Waals surface area contributed by atoms with Crippen molar-refractivity contribution >= 4 is 11.6 Å². The standard InChI is InChI=1S/C13H20F2N4/c1-2-3-9-4-6-19(7-5-9)13-11(15)8-10(14)12(17-13)18-16/h8-9H,2-7,16H2,1H3,(H,17,18). The Labute approximate surface area is 112 Å². The van der Waals surface area contributed by atoms with Crippen LogP contribution in [0.5, 0.6) is 0 Å². The van der Waals surface area contributed by atoms with Gasteiger partial charge in [-0.05, 0) is 18.8 Å². The van der Waals surface area contributed by atoms with Crippen molar-refractivity contribution in [2.75, 3.05) is 23.4 Å². The number of nitrogens with two attached hydrogens (primary N) is 1. The summed E-state index contributed by atoms with van der Waals surface area (Å²) < 4.78 is 27.1. The molecule has 0 radical (unpaired) electrons. The number of anilines is 2. The van der Waals surface area contributed by atoms with Crippen molar-refractivity contribution in [3.8, 4) is 0 Å². The van der Waals surface area contributed by atoms with Crippen molar-refractivity contribution in [3.63, 3.8) is 0 Å². The van der Waals surface area contributed by atoms with Crippen LogP contribution >= 0.6 is 0 Å². The van der Waals surface area contributed by atoms with E-state index in [2.05, 4.69) is 17.3 Å². The molecule has 1 aliphatic rings. The third-order valence-corrected chi connectivity index (χ3v) is 3.66. The molecule has 4 nitrogen and oxygen atoms in total. The SMILES string of the molecule is CCCC1CCN(c2nc(NN)c(F)cc2F)CC1. The number of nitrogens with zero attached hydrogens (tertiary/aromatic N) is 2. The lowest BCUT2D eigenvalue weighted by Gasteiger charge is -2.33. The highest BCUT2D eigenvalue weighted by Crippen LogP contribution is 2.28. The molecule has 1 aromatic heterocycles. The van der Waals surface area contributed by atoms with Crippen LogP contribution in [0.2, 0.25) is 0 Å². The lowest BCUT2D eigenvalue weighted by Crippen LogP contribution is -2.35. The number of nitrogen functional groups attached to an aromatic ring is 1. The summed E-state index contributed by atoms with van der Waals surface area (Å²) in [7, 11) is 0. The van der Waals surface area contributed by atoms with E-state index in [1.807, 2.05) is 4.90 Å². The van der Waals surface area contributed by atoms with Crippen LogP contribution in [0.1, 0.15) is 32.6 Å². The number of hydrazine groups is 1. The maximum absolute atomic E-state index is 13.8. The molecule has 1 aliphatic heterocycles. The number of pyridine rings is 1. The lowest BCUT2D eigenvalue weighted by molar-refractivity contribution is 0.375. The van der Waals surface area contributed by atoms with Gasteiger partial charge in [-0.3, -0.25) is 0 Å². The first-order valence-corrected chi connectivity index (χ1v) is 6.73. The molecule has 0 saturated carbocycles. The van der Waals surface area contributed by atoms with E-state index in [0.717, 1.165) is 32.0 Å². The number of halogens is 2. The normalized spacial score (nSPS) is 16.7. The molecule has 2 heterocycles. The Morgan fingerprint density at radius 3 is 2.63 bits per heavy atom. The minimum atomic E-state index is -0.774. The summed E-state index contributed by atoms with van der Waals surface area (Å²) in [6, 6.07) is 0.829. The van der Waals surface area contributed by atoms with Gasteiger partial charge in [0.2, 0.25) is 0 Å². The van der Waals surface area contributed by atoms with E-state index in [9.17, 15) is 8.78 Å². The molecule has 0 atom stereocenters. The zero-order valence-corrected chi connectivity index (χ0v) is 11.1. The van der Waals surface area contributed by atoms with Crippen LogP contribution in [0, 0.1) is 17.6 Å². The van der Waals surface area contributed by atoms with E-state index in [1.165, 1.54) is 12.8 Å². The Hall–Kier alpha value is -1.43. The molecule has 0 unspecified atom stereocenters. The molecule has 0 amide bonds. The average Bonchev–Trinajstić information content (AvgIpc) is 2.41. The van der Waals surface area contributed by atoms with Gasteiger partial charge in [0.1, 0.15) is 0 Å². The van der Waals surface area contributed by atoms with E-state index < -0.39 is 11.6 Å². The molecule has 19 heavy (non-hydrogen) atoms. The number of aromatic nitrogens is 1. The number of hydrogen-bond acceptors (Lipinski definition) is 4. The van der Waals surface area contributed by atoms with E-state index in [0.29, 0.717) is 5.92 Å². The van der Waals surface area contributed by atoms with Crippen LogP contribution in [-0.2, 0) is 0 Å². The summed E-state index contributed by atoms with van der Waals surface area (Å²) >= 11 is 0. The van der Waals surface area contributed by atoms with Crippen LogP contribution < -0.4 is 16.2 Å². The van der Waals surface area contributed by atoms with Crippen LogP contribution in [0.4, 0.5) is 20.4 Å². The summed E-state index contributed by atoms with van der Waals surface area (Å²) in [6.07, 6.45) is 4.44. The van der Waals surface area contributed by atoms with Gasteiger partial charge < -0.3 is 10.3 Å². The summed E-state index contributed by atoms with van der Waals surface area (Å²) in [4.78, 5) is 5.79. The number of hydrogen-bond donors (Lipinski definition) is 2. The van der Waals surface area contributed by atoms with Crippen molar-refractivity contribution in [1.82, 2.24) is 4.98 Å². The Bertz CT molecular complexity index is 431. The van der Waals surface area contributed by atoms with Crippen LogP contribution in [0.25, 0.3) is 0 Å². The van der Waals surface area contributed by atoms with Gasteiger partial charge in [-0.1, -0.05) is 19.8 Å². The molecule has 1 saturated heterocycles. The van der Waals surface area contributed by atoms with Gasteiger partial charge >= 0.3 is 0 Å². The fourth-order valence-corrected chi connectivity index (χ4v) is 2.62. The highest BCUT2D eigenvalue weighted by molar-refractivity contribution is 5.49. The van der Waals surface area contributed by atoms with Gasteiger partial charge in [0.15, 0.2) is 23.3 Å².